The Morgan fingerprint density at radius 1 is 1.31 bits per heavy atom. The first-order chi connectivity index (χ1) is 5.99. The van der Waals surface area contributed by atoms with Gasteiger partial charge in [0.15, 0.2) is 0 Å². The molecule has 0 amide bonds. The van der Waals surface area contributed by atoms with Crippen molar-refractivity contribution in [3.63, 3.8) is 0 Å². The van der Waals surface area contributed by atoms with Gasteiger partial charge in [0.05, 0.1) is 0 Å². The van der Waals surface area contributed by atoms with Crippen molar-refractivity contribution in [1.82, 2.24) is 0 Å². The van der Waals surface area contributed by atoms with Gasteiger partial charge in [-0.25, -0.2) is 0 Å². The van der Waals surface area contributed by atoms with Crippen molar-refractivity contribution in [3.05, 3.63) is 23.8 Å². The fraction of sp³-hybridized carbons (Fsp3) is 0.636. The summed E-state index contributed by atoms with van der Waals surface area (Å²) in [6, 6.07) is 1.38. The van der Waals surface area contributed by atoms with Crippen LogP contribution in [0.4, 0.5) is 0 Å². The van der Waals surface area contributed by atoms with Gasteiger partial charge in [-0.3, -0.25) is 0 Å². The van der Waals surface area contributed by atoms with Gasteiger partial charge in [-0.1, -0.05) is 43.4 Å². The molecule has 0 atom stereocenters. The van der Waals surface area contributed by atoms with E-state index in [-0.39, 0.29) is 22.9 Å². The normalized spacial score (nSPS) is 14.7. The van der Waals surface area contributed by atoms with Crippen molar-refractivity contribution in [2.75, 3.05) is 0 Å². The summed E-state index contributed by atoms with van der Waals surface area (Å²) in [4.78, 5) is 0. The zero-order chi connectivity index (χ0) is 10.3. The Hall–Kier alpha value is 0.567. The average molecular weight is 361 g/mol. The molecule has 0 saturated heterocycles. The minimum atomic E-state index is -0.831. The van der Waals surface area contributed by atoms with Gasteiger partial charge in [-0.05, 0) is 12.5 Å². The van der Waals surface area contributed by atoms with Crippen LogP contribution in [0.25, 0.3) is 0 Å². The van der Waals surface area contributed by atoms with Gasteiger partial charge in [-0.15, -0.1) is 0 Å². The molecule has 1 rings (SSSR count). The quantitative estimate of drug-likeness (QED) is 0.641. The van der Waals surface area contributed by atoms with E-state index in [9.17, 15) is 0 Å². The van der Waals surface area contributed by atoms with Crippen molar-refractivity contribution in [3.8, 4) is 0 Å². The molecule has 1 aliphatic rings. The van der Waals surface area contributed by atoms with Crippen LogP contribution in [-0.2, 0) is 22.9 Å². The molecule has 0 fully saturated rings. The molecule has 0 aromatic carbocycles. The molecule has 0 radical (unpaired) electrons. The number of hydrogen-bond donors (Lipinski definition) is 0. The number of allylic oxidation sites excluding steroid dienone is 4. The van der Waals surface area contributed by atoms with Crippen molar-refractivity contribution in [1.29, 1.82) is 0 Å². The Bertz CT molecular complexity index is 187. The van der Waals surface area contributed by atoms with Crippen LogP contribution in [0.2, 0.25) is 35.0 Å². The maximum absolute atomic E-state index is 2.42. The van der Waals surface area contributed by atoms with E-state index in [0.29, 0.717) is 0 Å². The molecule has 74 valence electrons. The fourth-order valence-electron chi connectivity index (χ4n) is 1.30. The van der Waals surface area contributed by atoms with E-state index >= 15 is 0 Å². The third kappa shape index (κ3) is 8.89. The van der Waals surface area contributed by atoms with Crippen molar-refractivity contribution >= 4 is 8.07 Å². The molecule has 0 aliphatic heterocycles. The van der Waals surface area contributed by atoms with Gasteiger partial charge in [0, 0.05) is 8.07 Å². The SMILES string of the molecule is C[Si](C)(C)CC1=CC=CC1.[CH3][Hf][CH3]. The molecule has 0 unspecified atom stereocenters. The molecule has 0 heterocycles. The molecule has 0 saturated carbocycles. The predicted octanol–water partition coefficient (Wildman–Crippen LogP) is 4.38. The molecule has 0 bridgehead atoms. The molecule has 0 spiro atoms. The van der Waals surface area contributed by atoms with Gasteiger partial charge >= 0.3 is 32.3 Å². The topological polar surface area (TPSA) is 0 Å². The summed E-state index contributed by atoms with van der Waals surface area (Å²) in [6.07, 6.45) is 7.91. The third-order valence-electron chi connectivity index (χ3n) is 1.61. The zero-order valence-electron chi connectivity index (χ0n) is 9.65. The fourth-order valence-corrected chi connectivity index (χ4v) is 2.93. The molecule has 0 N–H and O–H groups in total. The van der Waals surface area contributed by atoms with E-state index in [2.05, 4.69) is 47.2 Å². The molecular weight excluding hydrogens is 339 g/mol. The summed E-state index contributed by atoms with van der Waals surface area (Å²) in [7, 11) is -0.831. The molecular formula is C11H22HfSi. The number of rotatable bonds is 2. The monoisotopic (exact) mass is 362 g/mol. The Morgan fingerprint density at radius 3 is 2.15 bits per heavy atom. The second-order valence-electron chi connectivity index (χ2n) is 4.69. The van der Waals surface area contributed by atoms with Gasteiger partial charge in [0.25, 0.3) is 0 Å². The summed E-state index contributed by atoms with van der Waals surface area (Å²) in [5, 5.41) is 0. The molecule has 0 aromatic rings. The van der Waals surface area contributed by atoms with Gasteiger partial charge in [0.1, 0.15) is 0 Å². The summed E-state index contributed by atoms with van der Waals surface area (Å²) < 4.78 is 4.64. The molecule has 0 aromatic heterocycles. The van der Waals surface area contributed by atoms with Gasteiger partial charge in [0.2, 0.25) is 0 Å². The maximum atomic E-state index is 2.42. The van der Waals surface area contributed by atoms with Crippen molar-refractivity contribution in [2.24, 2.45) is 0 Å². The van der Waals surface area contributed by atoms with Crippen LogP contribution in [0, 0.1) is 0 Å². The van der Waals surface area contributed by atoms with Crippen molar-refractivity contribution < 1.29 is 22.9 Å². The predicted molar refractivity (Wildman–Crippen MR) is 61.7 cm³/mol. The second kappa shape index (κ2) is 6.94. The summed E-state index contributed by atoms with van der Waals surface area (Å²) in [5.41, 5.74) is 1.64. The van der Waals surface area contributed by atoms with E-state index in [4.69, 9.17) is 0 Å². The van der Waals surface area contributed by atoms with E-state index in [0.717, 1.165) is 0 Å². The van der Waals surface area contributed by atoms with Gasteiger partial charge < -0.3 is 0 Å². The zero-order valence-corrected chi connectivity index (χ0v) is 14.2. The summed E-state index contributed by atoms with van der Waals surface area (Å²) >= 11 is 0.0833. The Kier molecular flexibility index (Phi) is 7.24. The van der Waals surface area contributed by atoms with Crippen LogP contribution in [0.3, 0.4) is 0 Å². The van der Waals surface area contributed by atoms with Crippen LogP contribution in [0.1, 0.15) is 6.42 Å². The van der Waals surface area contributed by atoms with Gasteiger partial charge in [-0.2, -0.15) is 0 Å². The summed E-state index contributed by atoms with van der Waals surface area (Å²) in [6.45, 7) is 7.27. The minimum absolute atomic E-state index is 0.0833. The third-order valence-corrected chi connectivity index (χ3v) is 3.12. The molecule has 0 nitrogen and oxygen atoms in total. The Labute approximate surface area is 95.9 Å². The van der Waals surface area contributed by atoms with E-state index in [1.165, 1.54) is 12.5 Å². The summed E-state index contributed by atoms with van der Waals surface area (Å²) in [5.74, 6) is 0. The van der Waals surface area contributed by atoms with Crippen molar-refractivity contribution in [2.45, 2.75) is 41.5 Å². The van der Waals surface area contributed by atoms with E-state index in [1.54, 1.807) is 5.57 Å². The molecule has 2 heteroatoms. The van der Waals surface area contributed by atoms with Crippen LogP contribution in [-0.4, -0.2) is 8.07 Å². The first kappa shape index (κ1) is 13.6. The van der Waals surface area contributed by atoms with E-state index in [1.807, 2.05) is 0 Å². The van der Waals surface area contributed by atoms with E-state index < -0.39 is 8.07 Å². The Balaban J connectivity index is 0.000000424. The molecule has 1 aliphatic carbocycles. The average Bonchev–Trinajstić information content (AvgIpc) is 2.37. The molecule has 13 heavy (non-hydrogen) atoms. The van der Waals surface area contributed by atoms with Crippen LogP contribution >= 0.6 is 0 Å². The van der Waals surface area contributed by atoms with Crippen LogP contribution in [0.5, 0.6) is 0 Å². The Morgan fingerprint density at radius 2 is 1.85 bits per heavy atom. The standard InChI is InChI=1S/C9H16Si.2CH3.Hf/c1-10(2,3)8-9-6-4-5-7-9;;;/h4-6H,7-8H2,1-3H3;2*1H3;. The number of hydrogen-bond acceptors (Lipinski definition) is 0. The van der Waals surface area contributed by atoms with Crippen LogP contribution < -0.4 is 0 Å². The first-order valence-corrected chi connectivity index (χ1v) is 15.8. The second-order valence-corrected chi connectivity index (χ2v) is 13.8. The first-order valence-electron chi connectivity index (χ1n) is 4.92. The van der Waals surface area contributed by atoms with Crippen LogP contribution in [0.15, 0.2) is 23.8 Å².